The van der Waals surface area contributed by atoms with E-state index in [0.29, 0.717) is 21.4 Å². The number of nitrogens with zero attached hydrogens (tertiary/aromatic N) is 1. The van der Waals surface area contributed by atoms with Gasteiger partial charge in [0.1, 0.15) is 0 Å². The Bertz CT molecular complexity index is 1130. The Morgan fingerprint density at radius 3 is 1.93 bits per heavy atom. The van der Waals surface area contributed by atoms with Crippen LogP contribution in [0, 0.1) is 0 Å². The number of aromatic nitrogens is 2. The SMILES string of the molecule is NCCc1ccccc1.O=c1cnc(-c2ccc(Cl)cc2)c(-c2ccc(Cl)cc2)[nH]1. The van der Waals surface area contributed by atoms with Gasteiger partial charge in [0.25, 0.3) is 5.56 Å². The monoisotopic (exact) mass is 437 g/mol. The van der Waals surface area contributed by atoms with Crippen molar-refractivity contribution in [3.8, 4) is 22.5 Å². The zero-order chi connectivity index (χ0) is 21.3. The van der Waals surface area contributed by atoms with E-state index in [-0.39, 0.29) is 5.56 Å². The quantitative estimate of drug-likeness (QED) is 0.436. The van der Waals surface area contributed by atoms with Gasteiger partial charge < -0.3 is 10.7 Å². The van der Waals surface area contributed by atoms with Crippen LogP contribution in [-0.4, -0.2) is 16.5 Å². The highest BCUT2D eigenvalue weighted by atomic mass is 35.5. The highest BCUT2D eigenvalue weighted by molar-refractivity contribution is 6.31. The van der Waals surface area contributed by atoms with Crippen LogP contribution < -0.4 is 11.3 Å². The van der Waals surface area contributed by atoms with Crippen LogP contribution in [0.25, 0.3) is 22.5 Å². The minimum Gasteiger partial charge on any atom is -0.330 e. The van der Waals surface area contributed by atoms with Gasteiger partial charge in [0.15, 0.2) is 0 Å². The van der Waals surface area contributed by atoms with Gasteiger partial charge in [0.2, 0.25) is 0 Å². The molecule has 1 heterocycles. The van der Waals surface area contributed by atoms with Crippen LogP contribution in [-0.2, 0) is 6.42 Å². The van der Waals surface area contributed by atoms with Crippen molar-refractivity contribution in [2.45, 2.75) is 6.42 Å². The number of hydrogen-bond donors (Lipinski definition) is 2. The molecule has 0 saturated carbocycles. The molecule has 4 aromatic rings. The summed E-state index contributed by atoms with van der Waals surface area (Å²) in [6.45, 7) is 0.740. The molecule has 0 aliphatic rings. The second kappa shape index (κ2) is 10.7. The molecule has 4 nitrogen and oxygen atoms in total. The molecule has 4 rings (SSSR count). The fourth-order valence-electron chi connectivity index (χ4n) is 2.87. The van der Waals surface area contributed by atoms with Crippen molar-refractivity contribution < 1.29 is 0 Å². The zero-order valence-corrected chi connectivity index (χ0v) is 17.7. The van der Waals surface area contributed by atoms with E-state index < -0.39 is 0 Å². The number of nitrogens with two attached hydrogens (primary N) is 1. The summed E-state index contributed by atoms with van der Waals surface area (Å²) in [5, 5.41) is 1.29. The van der Waals surface area contributed by atoms with E-state index in [4.69, 9.17) is 28.9 Å². The number of halogens is 2. The summed E-state index contributed by atoms with van der Waals surface area (Å²) in [5.41, 5.74) is 9.49. The summed E-state index contributed by atoms with van der Waals surface area (Å²) in [6, 6.07) is 24.8. The minimum atomic E-state index is -0.252. The number of nitrogens with one attached hydrogen (secondary N) is 1. The number of benzene rings is 3. The number of hydrogen-bond acceptors (Lipinski definition) is 3. The Kier molecular flexibility index (Phi) is 7.80. The smallest absolute Gasteiger partial charge is 0.266 e. The molecule has 0 unspecified atom stereocenters. The highest BCUT2D eigenvalue weighted by Gasteiger charge is 2.10. The Hall–Kier alpha value is -2.92. The van der Waals surface area contributed by atoms with E-state index in [1.165, 1.54) is 11.8 Å². The van der Waals surface area contributed by atoms with Gasteiger partial charge in [-0.1, -0.05) is 77.8 Å². The molecule has 0 fully saturated rings. The van der Waals surface area contributed by atoms with Gasteiger partial charge in [-0.3, -0.25) is 4.79 Å². The molecule has 0 spiro atoms. The predicted molar refractivity (Wildman–Crippen MR) is 125 cm³/mol. The largest absolute Gasteiger partial charge is 0.330 e. The van der Waals surface area contributed by atoms with E-state index in [1.54, 1.807) is 24.3 Å². The Labute approximate surface area is 185 Å². The molecular formula is C24H21Cl2N3O. The summed E-state index contributed by atoms with van der Waals surface area (Å²) in [5.74, 6) is 0. The van der Waals surface area contributed by atoms with E-state index in [1.807, 2.05) is 42.5 Å². The molecule has 0 aliphatic heterocycles. The van der Waals surface area contributed by atoms with Crippen molar-refractivity contribution in [2.24, 2.45) is 5.73 Å². The van der Waals surface area contributed by atoms with Gasteiger partial charge >= 0.3 is 0 Å². The number of rotatable bonds is 4. The van der Waals surface area contributed by atoms with Crippen LogP contribution in [0.1, 0.15) is 5.56 Å². The van der Waals surface area contributed by atoms with E-state index >= 15 is 0 Å². The molecule has 1 aromatic heterocycles. The lowest BCUT2D eigenvalue weighted by molar-refractivity contribution is 0.969. The Balaban J connectivity index is 0.000000239. The van der Waals surface area contributed by atoms with Crippen LogP contribution in [0.5, 0.6) is 0 Å². The van der Waals surface area contributed by atoms with Crippen molar-refractivity contribution in [2.75, 3.05) is 6.54 Å². The van der Waals surface area contributed by atoms with Gasteiger partial charge in [-0.2, -0.15) is 0 Å². The molecule has 0 aliphatic carbocycles. The maximum Gasteiger partial charge on any atom is 0.266 e. The molecule has 6 heteroatoms. The lowest BCUT2D eigenvalue weighted by atomic mass is 10.0. The average Bonchev–Trinajstić information content (AvgIpc) is 2.76. The first-order valence-electron chi connectivity index (χ1n) is 9.42. The lowest BCUT2D eigenvalue weighted by Crippen LogP contribution is -2.08. The summed E-state index contributed by atoms with van der Waals surface area (Å²) in [4.78, 5) is 18.7. The molecule has 0 radical (unpaired) electrons. The van der Waals surface area contributed by atoms with Crippen molar-refractivity contribution in [1.82, 2.24) is 9.97 Å². The molecule has 0 saturated heterocycles. The summed E-state index contributed by atoms with van der Waals surface area (Å²) >= 11 is 11.8. The van der Waals surface area contributed by atoms with Crippen molar-refractivity contribution >= 4 is 23.2 Å². The van der Waals surface area contributed by atoms with Gasteiger partial charge in [-0.25, -0.2) is 4.98 Å². The average molecular weight is 438 g/mol. The topological polar surface area (TPSA) is 71.8 Å². The van der Waals surface area contributed by atoms with Crippen LogP contribution in [0.2, 0.25) is 10.0 Å². The fraction of sp³-hybridized carbons (Fsp3) is 0.0833. The van der Waals surface area contributed by atoms with Gasteiger partial charge in [0.05, 0.1) is 17.6 Å². The van der Waals surface area contributed by atoms with Crippen LogP contribution in [0.4, 0.5) is 0 Å². The van der Waals surface area contributed by atoms with Crippen LogP contribution in [0.15, 0.2) is 89.9 Å². The molecule has 152 valence electrons. The van der Waals surface area contributed by atoms with Crippen LogP contribution in [0.3, 0.4) is 0 Å². The normalized spacial score (nSPS) is 10.2. The summed E-state index contributed by atoms with van der Waals surface area (Å²) in [7, 11) is 0. The maximum absolute atomic E-state index is 11.6. The van der Waals surface area contributed by atoms with Gasteiger partial charge in [-0.15, -0.1) is 0 Å². The van der Waals surface area contributed by atoms with Crippen molar-refractivity contribution in [3.05, 3.63) is 111 Å². The molecule has 3 aromatic carbocycles. The van der Waals surface area contributed by atoms with Gasteiger partial charge in [-0.05, 0) is 42.8 Å². The molecule has 0 amide bonds. The van der Waals surface area contributed by atoms with E-state index in [9.17, 15) is 4.79 Å². The lowest BCUT2D eigenvalue weighted by Gasteiger charge is -2.08. The van der Waals surface area contributed by atoms with Crippen LogP contribution >= 0.6 is 23.2 Å². The minimum absolute atomic E-state index is 0.252. The molecule has 30 heavy (non-hydrogen) atoms. The molecule has 3 N–H and O–H groups in total. The third-order valence-electron chi connectivity index (χ3n) is 4.32. The standard InChI is InChI=1S/C16H10Cl2N2O.C8H11N/c17-12-5-1-10(2-6-12)15-16(20-14(21)9-19-15)11-3-7-13(18)8-4-11;9-7-6-8-4-2-1-3-5-8/h1-9H,(H,20,21);1-5H,6-7,9H2. The van der Waals surface area contributed by atoms with E-state index in [0.717, 1.165) is 24.1 Å². The second-order valence-electron chi connectivity index (χ2n) is 6.51. The third kappa shape index (κ3) is 6.04. The van der Waals surface area contributed by atoms with Crippen molar-refractivity contribution in [3.63, 3.8) is 0 Å². The third-order valence-corrected chi connectivity index (χ3v) is 4.83. The van der Waals surface area contributed by atoms with Crippen molar-refractivity contribution in [1.29, 1.82) is 0 Å². The Morgan fingerprint density at radius 1 is 0.800 bits per heavy atom. The Morgan fingerprint density at radius 2 is 1.37 bits per heavy atom. The summed E-state index contributed by atoms with van der Waals surface area (Å²) < 4.78 is 0. The number of aromatic amines is 1. The first-order valence-corrected chi connectivity index (χ1v) is 10.2. The number of H-pyrrole nitrogens is 1. The predicted octanol–water partition coefficient (Wildman–Crippen LogP) is 5.60. The first-order chi connectivity index (χ1) is 14.6. The van der Waals surface area contributed by atoms with E-state index in [2.05, 4.69) is 22.1 Å². The first kappa shape index (κ1) is 21.8. The second-order valence-corrected chi connectivity index (χ2v) is 7.38. The maximum atomic E-state index is 11.6. The molecule has 0 atom stereocenters. The molecular weight excluding hydrogens is 417 g/mol. The zero-order valence-electron chi connectivity index (χ0n) is 16.2. The summed E-state index contributed by atoms with van der Waals surface area (Å²) in [6.07, 6.45) is 2.25. The fourth-order valence-corrected chi connectivity index (χ4v) is 3.12. The molecule has 0 bridgehead atoms. The van der Waals surface area contributed by atoms with Gasteiger partial charge in [0, 0.05) is 21.2 Å². The highest BCUT2D eigenvalue weighted by Crippen LogP contribution is 2.29.